The number of carbonyl (C=O) groups excluding carboxylic acids is 2. The number of nitrogens with zero attached hydrogens (tertiary/aromatic N) is 2. The minimum absolute atomic E-state index is 0.0420. The van der Waals surface area contributed by atoms with E-state index >= 15 is 0 Å². The maximum Gasteiger partial charge on any atom is 0.410 e. The molecule has 0 radical (unpaired) electrons. The van der Waals surface area contributed by atoms with Crippen molar-refractivity contribution in [3.63, 3.8) is 0 Å². The van der Waals surface area contributed by atoms with Gasteiger partial charge < -0.3 is 18.9 Å². The predicted octanol–water partition coefficient (Wildman–Crippen LogP) is 5.31. The molecular weight excluding hydrogens is 408 g/mol. The Morgan fingerprint density at radius 2 is 1.69 bits per heavy atom. The van der Waals surface area contributed by atoms with Gasteiger partial charge in [-0.2, -0.15) is 0 Å². The molecule has 1 aliphatic carbocycles. The summed E-state index contributed by atoms with van der Waals surface area (Å²) in [4.78, 5) is 27.9. The van der Waals surface area contributed by atoms with Crippen LogP contribution in [0.5, 0.6) is 0 Å². The van der Waals surface area contributed by atoms with E-state index in [4.69, 9.17) is 14.0 Å². The summed E-state index contributed by atoms with van der Waals surface area (Å²) >= 11 is 0. The smallest absolute Gasteiger partial charge is 0.410 e. The first kappa shape index (κ1) is 21.0. The molecule has 1 aromatic carbocycles. The second kappa shape index (κ2) is 7.94. The van der Waals surface area contributed by atoms with Crippen molar-refractivity contribution in [3.8, 4) is 11.3 Å². The van der Waals surface area contributed by atoms with E-state index in [0.29, 0.717) is 29.9 Å². The van der Waals surface area contributed by atoms with Gasteiger partial charge in [0, 0.05) is 36.4 Å². The molecule has 7 nitrogen and oxygen atoms in total. The Labute approximate surface area is 188 Å². The van der Waals surface area contributed by atoms with Crippen LogP contribution in [-0.2, 0) is 9.47 Å². The van der Waals surface area contributed by atoms with Crippen LogP contribution in [0.4, 0.5) is 4.79 Å². The lowest BCUT2D eigenvalue weighted by Crippen LogP contribution is -2.50. The number of rotatable bonds is 4. The minimum atomic E-state index is -0.527. The van der Waals surface area contributed by atoms with Crippen molar-refractivity contribution < 1.29 is 23.6 Å². The van der Waals surface area contributed by atoms with Crippen LogP contribution < -0.4 is 0 Å². The largest absolute Gasteiger partial charge is 0.458 e. The first-order valence-electron chi connectivity index (χ1n) is 11.6. The van der Waals surface area contributed by atoms with Crippen LogP contribution in [0.25, 0.3) is 11.3 Å². The predicted molar refractivity (Wildman–Crippen MR) is 117 cm³/mol. The number of benzene rings is 1. The summed E-state index contributed by atoms with van der Waals surface area (Å²) in [5, 5.41) is 4.23. The highest BCUT2D eigenvalue weighted by Gasteiger charge is 2.46. The number of amides is 1. The van der Waals surface area contributed by atoms with Crippen LogP contribution in [0.2, 0.25) is 0 Å². The Hall–Kier alpha value is -2.83. The lowest BCUT2D eigenvalue weighted by Gasteiger charge is -2.39. The lowest BCUT2D eigenvalue weighted by atomic mass is 9.99. The Morgan fingerprint density at radius 3 is 2.28 bits per heavy atom. The molecule has 1 amide bonds. The van der Waals surface area contributed by atoms with Crippen LogP contribution in [0.15, 0.2) is 34.9 Å². The van der Waals surface area contributed by atoms with Crippen molar-refractivity contribution in [1.29, 1.82) is 0 Å². The molecule has 3 atom stereocenters. The maximum atomic E-state index is 13.3. The molecular formula is C25H30N2O5. The molecule has 1 aromatic heterocycles. The van der Waals surface area contributed by atoms with Crippen LogP contribution in [0.3, 0.4) is 0 Å². The van der Waals surface area contributed by atoms with Crippen LogP contribution in [-0.4, -0.2) is 45.9 Å². The third kappa shape index (κ3) is 4.12. The lowest BCUT2D eigenvalue weighted by molar-refractivity contribution is -0.0226. The third-order valence-electron chi connectivity index (χ3n) is 6.49. The van der Waals surface area contributed by atoms with Gasteiger partial charge >= 0.3 is 12.1 Å². The van der Waals surface area contributed by atoms with Gasteiger partial charge in [0.15, 0.2) is 5.76 Å². The number of piperidine rings is 1. The highest BCUT2D eigenvalue weighted by Crippen LogP contribution is 2.45. The molecule has 5 rings (SSSR count). The van der Waals surface area contributed by atoms with Crippen LogP contribution in [0, 0.1) is 0 Å². The van der Waals surface area contributed by atoms with Crippen LogP contribution in [0.1, 0.15) is 81.3 Å². The van der Waals surface area contributed by atoms with E-state index in [0.717, 1.165) is 31.2 Å². The van der Waals surface area contributed by atoms with Gasteiger partial charge in [-0.05, 0) is 46.5 Å². The average molecular weight is 439 g/mol. The average Bonchev–Trinajstić information content (AvgIpc) is 3.42. The molecule has 2 bridgehead atoms. The van der Waals surface area contributed by atoms with Gasteiger partial charge in [0.05, 0.1) is 0 Å². The van der Waals surface area contributed by atoms with Gasteiger partial charge in [0.1, 0.15) is 23.0 Å². The molecule has 3 heterocycles. The first-order chi connectivity index (χ1) is 15.3. The zero-order valence-corrected chi connectivity index (χ0v) is 18.9. The number of fused-ring (bicyclic) bond motifs is 2. The summed E-state index contributed by atoms with van der Waals surface area (Å²) in [6.45, 7) is 5.63. The molecule has 0 spiro atoms. The van der Waals surface area contributed by atoms with Crippen LogP contribution >= 0.6 is 0 Å². The Balaban J connectivity index is 1.32. The highest BCUT2D eigenvalue weighted by molar-refractivity contribution is 5.97. The number of hydrogen-bond acceptors (Lipinski definition) is 6. The van der Waals surface area contributed by atoms with Crippen molar-refractivity contribution in [2.45, 2.75) is 89.0 Å². The molecule has 2 aliphatic heterocycles. The summed E-state index contributed by atoms with van der Waals surface area (Å²) in [7, 11) is 0. The van der Waals surface area contributed by atoms with Gasteiger partial charge in [-0.1, -0.05) is 35.5 Å². The van der Waals surface area contributed by atoms with E-state index < -0.39 is 5.60 Å². The summed E-state index contributed by atoms with van der Waals surface area (Å²) in [5.41, 5.74) is 1.32. The normalized spacial score (nSPS) is 25.0. The highest BCUT2D eigenvalue weighted by atomic mass is 16.6. The van der Waals surface area contributed by atoms with E-state index in [1.807, 2.05) is 56.0 Å². The van der Waals surface area contributed by atoms with E-state index in [2.05, 4.69) is 5.16 Å². The topological polar surface area (TPSA) is 81.9 Å². The van der Waals surface area contributed by atoms with E-state index in [1.165, 1.54) is 0 Å². The monoisotopic (exact) mass is 438 g/mol. The molecule has 3 fully saturated rings. The quantitative estimate of drug-likeness (QED) is 0.602. The molecule has 170 valence electrons. The Kier molecular flexibility index (Phi) is 5.22. The Bertz CT molecular complexity index is 991. The van der Waals surface area contributed by atoms with Crippen molar-refractivity contribution in [3.05, 3.63) is 41.7 Å². The van der Waals surface area contributed by atoms with Gasteiger partial charge in [-0.3, -0.25) is 0 Å². The molecule has 2 saturated heterocycles. The second-order valence-electron chi connectivity index (χ2n) is 10.2. The fourth-order valence-corrected chi connectivity index (χ4v) is 4.96. The number of hydrogen-bond donors (Lipinski definition) is 0. The number of aromatic nitrogens is 1. The van der Waals surface area contributed by atoms with Crippen molar-refractivity contribution >= 4 is 12.1 Å². The third-order valence-corrected chi connectivity index (χ3v) is 6.49. The zero-order chi connectivity index (χ0) is 22.5. The Morgan fingerprint density at radius 1 is 1.03 bits per heavy atom. The van der Waals surface area contributed by atoms with Gasteiger partial charge in [0.25, 0.3) is 0 Å². The van der Waals surface area contributed by atoms with E-state index in [-0.39, 0.29) is 36.2 Å². The molecule has 1 saturated carbocycles. The van der Waals surface area contributed by atoms with E-state index in [9.17, 15) is 9.59 Å². The fraction of sp³-hybridized carbons (Fsp3) is 0.560. The summed E-state index contributed by atoms with van der Waals surface area (Å²) in [6, 6.07) is 9.69. The minimum Gasteiger partial charge on any atom is -0.458 e. The molecule has 0 N–H and O–H groups in total. The molecule has 3 aliphatic rings. The van der Waals surface area contributed by atoms with Gasteiger partial charge in [-0.15, -0.1) is 0 Å². The van der Waals surface area contributed by atoms with E-state index in [1.54, 1.807) is 0 Å². The summed E-state index contributed by atoms with van der Waals surface area (Å²) in [6.07, 6.45) is 4.59. The first-order valence-corrected chi connectivity index (χ1v) is 11.6. The van der Waals surface area contributed by atoms with Crippen molar-refractivity contribution in [2.75, 3.05) is 0 Å². The maximum absolute atomic E-state index is 13.3. The number of carbonyl (C=O) groups is 2. The number of esters is 1. The van der Waals surface area contributed by atoms with Crippen molar-refractivity contribution in [2.24, 2.45) is 0 Å². The fourth-order valence-electron chi connectivity index (χ4n) is 4.96. The molecule has 32 heavy (non-hydrogen) atoms. The van der Waals surface area contributed by atoms with Crippen molar-refractivity contribution in [1.82, 2.24) is 10.1 Å². The standard InChI is InChI=1S/C25H30N2O5/c1-25(2,3)31-24(29)27-17-11-12-18(27)14-19(13-17)30-23(28)20-21(15-7-5-4-6-8-15)26-32-22(20)16-9-10-16/h4-8,16-19H,9-14H2,1-3H3/t17-,18+,19?. The SMILES string of the molecule is CC(C)(C)OC(=O)N1[C@@H]2CC[C@H]1CC(OC(=O)c1c(-c3ccccc3)noc1C1CC1)C2. The summed E-state index contributed by atoms with van der Waals surface area (Å²) in [5.74, 6) is 0.512. The second-order valence-corrected chi connectivity index (χ2v) is 10.2. The molecule has 2 aromatic rings. The van der Waals surface area contributed by atoms with Gasteiger partial charge in [0.2, 0.25) is 0 Å². The zero-order valence-electron chi connectivity index (χ0n) is 18.9. The molecule has 7 heteroatoms. The number of ether oxygens (including phenoxy) is 2. The molecule has 1 unspecified atom stereocenters. The summed E-state index contributed by atoms with van der Waals surface area (Å²) < 4.78 is 17.2. The van der Waals surface area contributed by atoms with Gasteiger partial charge in [-0.25, -0.2) is 9.59 Å².